The molecule has 0 heterocycles. The quantitative estimate of drug-likeness (QED) is 0.758. The highest BCUT2D eigenvalue weighted by Crippen LogP contribution is 2.21. The van der Waals surface area contributed by atoms with Gasteiger partial charge in [-0.25, -0.2) is 13.1 Å². The topological polar surface area (TPSA) is 58.2 Å². The third kappa shape index (κ3) is 5.48. The van der Waals surface area contributed by atoms with Crippen molar-refractivity contribution in [3.8, 4) is 0 Å². The smallest absolute Gasteiger partial charge is 0.316 e. The summed E-state index contributed by atoms with van der Waals surface area (Å²) in [7, 11) is -2.11. The average molecular weight is 310 g/mol. The highest BCUT2D eigenvalue weighted by atomic mass is 32.2. The molecule has 1 aromatic rings. The number of sulfonamides is 1. The summed E-state index contributed by atoms with van der Waals surface area (Å²) >= 11 is 0. The standard InChI is InChI=1S/C12H17F3N2O2S/c1-16-9-10-5-2-3-6-11(10)20(18,19)17-8-4-7-12(13,14)15/h2-3,5-6,16-17H,4,7-9H2,1H3. The Kier molecular flexibility index (Phi) is 5.97. The van der Waals surface area contributed by atoms with E-state index in [0.29, 0.717) is 12.1 Å². The van der Waals surface area contributed by atoms with E-state index in [4.69, 9.17) is 0 Å². The lowest BCUT2D eigenvalue weighted by Gasteiger charge is -2.11. The molecule has 0 aliphatic carbocycles. The molecule has 4 nitrogen and oxygen atoms in total. The maximum atomic E-state index is 12.0. The molecule has 0 aliphatic rings. The first-order chi connectivity index (χ1) is 9.26. The maximum absolute atomic E-state index is 12.0. The van der Waals surface area contributed by atoms with Gasteiger partial charge < -0.3 is 5.32 Å². The van der Waals surface area contributed by atoms with E-state index in [1.165, 1.54) is 6.07 Å². The van der Waals surface area contributed by atoms with Crippen molar-refractivity contribution < 1.29 is 21.6 Å². The predicted molar refractivity (Wildman–Crippen MR) is 69.7 cm³/mol. The van der Waals surface area contributed by atoms with E-state index in [1.54, 1.807) is 25.2 Å². The monoisotopic (exact) mass is 310 g/mol. The fourth-order valence-electron chi connectivity index (χ4n) is 1.68. The van der Waals surface area contributed by atoms with Crippen LogP contribution in [0.4, 0.5) is 13.2 Å². The minimum atomic E-state index is -4.27. The van der Waals surface area contributed by atoms with Crippen molar-refractivity contribution in [2.45, 2.75) is 30.5 Å². The molecule has 0 unspecified atom stereocenters. The van der Waals surface area contributed by atoms with E-state index in [9.17, 15) is 21.6 Å². The Labute approximate surface area is 116 Å². The molecule has 0 atom stereocenters. The highest BCUT2D eigenvalue weighted by Gasteiger charge is 2.26. The molecular weight excluding hydrogens is 293 g/mol. The van der Waals surface area contributed by atoms with Crippen molar-refractivity contribution in [1.29, 1.82) is 0 Å². The molecule has 1 aromatic carbocycles. The molecule has 0 radical (unpaired) electrons. The minimum absolute atomic E-state index is 0.0846. The van der Waals surface area contributed by atoms with Gasteiger partial charge >= 0.3 is 6.18 Å². The van der Waals surface area contributed by atoms with Crippen molar-refractivity contribution >= 4 is 10.0 Å². The van der Waals surface area contributed by atoms with E-state index in [2.05, 4.69) is 10.0 Å². The minimum Gasteiger partial charge on any atom is -0.316 e. The summed E-state index contributed by atoms with van der Waals surface area (Å²) < 4.78 is 62.2. The van der Waals surface area contributed by atoms with Crippen LogP contribution >= 0.6 is 0 Å². The molecule has 0 aromatic heterocycles. The van der Waals surface area contributed by atoms with Gasteiger partial charge in [-0.05, 0) is 25.1 Å². The maximum Gasteiger partial charge on any atom is 0.389 e. The van der Waals surface area contributed by atoms with E-state index in [1.807, 2.05) is 0 Å². The second-order valence-electron chi connectivity index (χ2n) is 4.25. The Bertz CT molecular complexity index is 530. The van der Waals surface area contributed by atoms with Gasteiger partial charge in [0.2, 0.25) is 10.0 Å². The molecular formula is C12H17F3N2O2S. The second-order valence-corrected chi connectivity index (χ2v) is 5.99. The fraction of sp³-hybridized carbons (Fsp3) is 0.500. The zero-order chi connectivity index (χ0) is 15.2. The number of nitrogens with one attached hydrogen (secondary N) is 2. The molecule has 1 rings (SSSR count). The third-order valence-corrected chi connectivity index (χ3v) is 4.12. The zero-order valence-corrected chi connectivity index (χ0v) is 11.8. The van der Waals surface area contributed by atoms with Crippen molar-refractivity contribution in [3.05, 3.63) is 29.8 Å². The number of hydrogen-bond donors (Lipinski definition) is 2. The van der Waals surface area contributed by atoms with Crippen LogP contribution in [-0.4, -0.2) is 28.2 Å². The van der Waals surface area contributed by atoms with E-state index >= 15 is 0 Å². The van der Waals surface area contributed by atoms with Crippen LogP contribution in [0.25, 0.3) is 0 Å². The van der Waals surface area contributed by atoms with Crippen molar-refractivity contribution in [2.75, 3.05) is 13.6 Å². The molecule has 0 spiro atoms. The lowest BCUT2D eigenvalue weighted by molar-refractivity contribution is -0.135. The van der Waals surface area contributed by atoms with Crippen LogP contribution in [0.2, 0.25) is 0 Å². The van der Waals surface area contributed by atoms with E-state index in [0.717, 1.165) is 0 Å². The molecule has 0 amide bonds. The first kappa shape index (κ1) is 16.9. The molecule has 0 saturated heterocycles. The van der Waals surface area contributed by atoms with Crippen molar-refractivity contribution in [2.24, 2.45) is 0 Å². The first-order valence-electron chi connectivity index (χ1n) is 6.05. The molecule has 0 saturated carbocycles. The van der Waals surface area contributed by atoms with Gasteiger partial charge in [-0.1, -0.05) is 18.2 Å². The van der Waals surface area contributed by atoms with Crippen LogP contribution in [0.3, 0.4) is 0 Å². The van der Waals surface area contributed by atoms with E-state index in [-0.39, 0.29) is 17.9 Å². The van der Waals surface area contributed by atoms with Gasteiger partial charge in [0.15, 0.2) is 0 Å². The normalized spacial score (nSPS) is 12.6. The van der Waals surface area contributed by atoms with Gasteiger partial charge in [0, 0.05) is 19.5 Å². The predicted octanol–water partition coefficient (Wildman–Crippen LogP) is 2.03. The highest BCUT2D eigenvalue weighted by molar-refractivity contribution is 7.89. The summed E-state index contributed by atoms with van der Waals surface area (Å²) in [5.74, 6) is 0. The van der Waals surface area contributed by atoms with Crippen LogP contribution in [0.5, 0.6) is 0 Å². The summed E-state index contributed by atoms with van der Waals surface area (Å²) in [6, 6.07) is 6.36. The van der Waals surface area contributed by atoms with Crippen LogP contribution in [-0.2, 0) is 16.6 Å². The van der Waals surface area contributed by atoms with Crippen molar-refractivity contribution in [1.82, 2.24) is 10.0 Å². The Hall–Kier alpha value is -1.12. The number of benzene rings is 1. The van der Waals surface area contributed by atoms with Crippen LogP contribution in [0.15, 0.2) is 29.2 Å². The summed E-state index contributed by atoms with van der Waals surface area (Å²) in [5.41, 5.74) is 0.568. The number of hydrogen-bond acceptors (Lipinski definition) is 3. The molecule has 2 N–H and O–H groups in total. The van der Waals surface area contributed by atoms with Crippen LogP contribution < -0.4 is 10.0 Å². The Balaban J connectivity index is 2.69. The molecule has 8 heteroatoms. The van der Waals surface area contributed by atoms with Gasteiger partial charge in [-0.3, -0.25) is 0 Å². The van der Waals surface area contributed by atoms with Crippen LogP contribution in [0.1, 0.15) is 18.4 Å². The Morgan fingerprint density at radius 2 is 1.85 bits per heavy atom. The van der Waals surface area contributed by atoms with Crippen molar-refractivity contribution in [3.63, 3.8) is 0 Å². The summed E-state index contributed by atoms with van der Waals surface area (Å²) in [4.78, 5) is 0.0846. The second kappa shape index (κ2) is 7.05. The lowest BCUT2D eigenvalue weighted by Crippen LogP contribution is -2.27. The number of halogens is 3. The molecule has 114 valence electrons. The molecule has 0 aliphatic heterocycles. The SMILES string of the molecule is CNCc1ccccc1S(=O)(=O)NCCCC(F)(F)F. The largest absolute Gasteiger partial charge is 0.389 e. The zero-order valence-electron chi connectivity index (χ0n) is 11.0. The number of rotatable bonds is 7. The van der Waals surface area contributed by atoms with Gasteiger partial charge in [0.25, 0.3) is 0 Å². The van der Waals surface area contributed by atoms with Gasteiger partial charge in [-0.15, -0.1) is 0 Å². The summed E-state index contributed by atoms with van der Waals surface area (Å²) in [6.45, 7) is 0.120. The lowest BCUT2D eigenvalue weighted by atomic mass is 10.2. The third-order valence-electron chi connectivity index (χ3n) is 2.56. The molecule has 0 bridgehead atoms. The average Bonchev–Trinajstić information content (AvgIpc) is 2.35. The fourth-order valence-corrected chi connectivity index (χ4v) is 2.99. The van der Waals surface area contributed by atoms with E-state index < -0.39 is 22.6 Å². The Morgan fingerprint density at radius 1 is 1.20 bits per heavy atom. The summed E-state index contributed by atoms with van der Waals surface area (Å²) in [6.07, 6.45) is -5.56. The van der Waals surface area contributed by atoms with Crippen LogP contribution in [0, 0.1) is 0 Å². The van der Waals surface area contributed by atoms with Gasteiger partial charge in [0.05, 0.1) is 4.90 Å². The number of alkyl halides is 3. The van der Waals surface area contributed by atoms with Gasteiger partial charge in [0.1, 0.15) is 0 Å². The Morgan fingerprint density at radius 3 is 2.45 bits per heavy atom. The van der Waals surface area contributed by atoms with Gasteiger partial charge in [-0.2, -0.15) is 13.2 Å². The molecule has 20 heavy (non-hydrogen) atoms. The summed E-state index contributed by atoms with van der Waals surface area (Å²) in [5, 5.41) is 2.84. The molecule has 0 fully saturated rings. The first-order valence-corrected chi connectivity index (χ1v) is 7.53.